The van der Waals surface area contributed by atoms with E-state index in [4.69, 9.17) is 5.53 Å². The van der Waals surface area contributed by atoms with E-state index in [-0.39, 0.29) is 13.1 Å². The molecule has 1 aromatic heterocycles. The Kier molecular flexibility index (Phi) is 7.04. The molecule has 0 aliphatic carbocycles. The van der Waals surface area contributed by atoms with Crippen molar-refractivity contribution in [3.8, 4) is 0 Å². The van der Waals surface area contributed by atoms with Crippen LogP contribution in [-0.4, -0.2) is 37.1 Å². The molecule has 0 aliphatic heterocycles. The molecule has 128 valence electrons. The lowest BCUT2D eigenvalue weighted by molar-refractivity contribution is -0.135. The molecule has 1 aromatic rings. The number of hydrogen-bond donors (Lipinski definition) is 2. The van der Waals surface area contributed by atoms with Gasteiger partial charge in [0.05, 0.1) is 7.11 Å². The molecule has 0 bridgehead atoms. The molecular weight excluding hydrogens is 333 g/mol. The van der Waals surface area contributed by atoms with E-state index in [0.717, 1.165) is 19.3 Å². The summed E-state index contributed by atoms with van der Waals surface area (Å²) in [6.45, 7) is -0.163. The Morgan fingerprint density at radius 3 is 2.62 bits per heavy atom. The molecule has 0 aromatic carbocycles. The van der Waals surface area contributed by atoms with Crippen molar-refractivity contribution in [2.45, 2.75) is 0 Å². The maximum Gasteiger partial charge on any atom is 0.330 e. The van der Waals surface area contributed by atoms with E-state index in [1.54, 1.807) is 0 Å². The van der Waals surface area contributed by atoms with Gasteiger partial charge in [-0.05, 0) is 5.53 Å². The van der Waals surface area contributed by atoms with Crippen LogP contribution in [0.3, 0.4) is 0 Å². The van der Waals surface area contributed by atoms with Gasteiger partial charge in [-0.2, -0.15) is 9.37 Å². The van der Waals surface area contributed by atoms with Gasteiger partial charge in [-0.15, -0.1) is 0 Å². The lowest BCUT2D eigenvalue weighted by Crippen LogP contribution is -2.27. The number of aromatic nitrogens is 1. The van der Waals surface area contributed by atoms with Crippen LogP contribution in [0, 0.1) is 17.6 Å². The van der Waals surface area contributed by atoms with E-state index >= 15 is 0 Å². The minimum atomic E-state index is -1.71. The summed E-state index contributed by atoms with van der Waals surface area (Å²) >= 11 is 0. The molecule has 1 heterocycles. The van der Waals surface area contributed by atoms with Crippen molar-refractivity contribution >= 4 is 23.4 Å². The van der Waals surface area contributed by atoms with Gasteiger partial charge in [-0.25, -0.2) is 13.6 Å². The number of carbonyl (C=O) groups excluding carboxylic acids is 2. The summed E-state index contributed by atoms with van der Waals surface area (Å²) in [6, 6.07) is 0. The zero-order valence-electron chi connectivity index (χ0n) is 12.2. The van der Waals surface area contributed by atoms with Crippen LogP contribution in [0.15, 0.2) is 17.3 Å². The van der Waals surface area contributed by atoms with Crippen molar-refractivity contribution in [3.05, 3.63) is 40.2 Å². The fourth-order valence-corrected chi connectivity index (χ4v) is 1.39. The molecule has 0 atom stereocenters. The van der Waals surface area contributed by atoms with Crippen molar-refractivity contribution in [2.75, 3.05) is 25.5 Å². The maximum atomic E-state index is 13.8. The van der Waals surface area contributed by atoms with Gasteiger partial charge in [-0.1, -0.05) is 5.11 Å². The third kappa shape index (κ3) is 5.18. The zero-order valence-corrected chi connectivity index (χ0v) is 12.2. The third-order valence-electron chi connectivity index (χ3n) is 2.45. The molecule has 1 rings (SSSR count). The summed E-state index contributed by atoms with van der Waals surface area (Å²) in [4.78, 5) is 27.2. The molecule has 0 aliphatic rings. The van der Waals surface area contributed by atoms with E-state index in [1.165, 1.54) is 0 Å². The minimum absolute atomic E-state index is 0.0543. The molecule has 1 amide bonds. The van der Waals surface area contributed by atoms with Crippen LogP contribution < -0.4 is 10.6 Å². The molecule has 0 spiro atoms. The van der Waals surface area contributed by atoms with Crippen molar-refractivity contribution < 1.29 is 27.5 Å². The van der Waals surface area contributed by atoms with E-state index in [1.807, 2.05) is 0 Å². The highest BCUT2D eigenvalue weighted by molar-refractivity contribution is 5.94. The average molecular weight is 344 g/mol. The Hall–Kier alpha value is -3.27. The first-order valence-corrected chi connectivity index (χ1v) is 6.28. The number of anilines is 1. The van der Waals surface area contributed by atoms with Gasteiger partial charge in [-0.3, -0.25) is 4.79 Å². The number of nitrogens with zero attached hydrogens (tertiary/aromatic N) is 4. The summed E-state index contributed by atoms with van der Waals surface area (Å²) in [5, 5.41) is 7.35. The number of carbonyl (C=O) groups is 2. The minimum Gasteiger partial charge on any atom is -0.466 e. The van der Waals surface area contributed by atoms with Crippen molar-refractivity contribution in [3.63, 3.8) is 0 Å². The average Bonchev–Trinajstić information content (AvgIpc) is 2.57. The molecule has 0 fully saturated rings. The molecule has 9 nitrogen and oxygen atoms in total. The molecule has 2 N–H and O–H groups in total. The zero-order chi connectivity index (χ0) is 18.1. The van der Waals surface area contributed by atoms with Gasteiger partial charge in [0, 0.05) is 30.2 Å². The Morgan fingerprint density at radius 1 is 1.29 bits per heavy atom. The van der Waals surface area contributed by atoms with Gasteiger partial charge < -0.3 is 15.4 Å². The number of hydrogen-bond acceptors (Lipinski definition) is 6. The van der Waals surface area contributed by atoms with Crippen LogP contribution >= 0.6 is 0 Å². The lowest BCUT2D eigenvalue weighted by atomic mass is 10.3. The van der Waals surface area contributed by atoms with Gasteiger partial charge in [0.25, 0.3) is 5.95 Å². The summed E-state index contributed by atoms with van der Waals surface area (Å²) in [6.07, 6.45) is 1.81. The summed E-state index contributed by atoms with van der Waals surface area (Å²) in [7, 11) is 1.14. The molecule has 12 heteroatoms. The number of halogens is 3. The lowest BCUT2D eigenvalue weighted by Gasteiger charge is -2.09. The van der Waals surface area contributed by atoms with Gasteiger partial charge >= 0.3 is 5.97 Å². The van der Waals surface area contributed by atoms with Gasteiger partial charge in [0.2, 0.25) is 5.91 Å². The molecule has 0 unspecified atom stereocenters. The van der Waals surface area contributed by atoms with E-state index in [0.29, 0.717) is 0 Å². The van der Waals surface area contributed by atoms with Crippen LogP contribution in [0.2, 0.25) is 0 Å². The third-order valence-corrected chi connectivity index (χ3v) is 2.45. The summed E-state index contributed by atoms with van der Waals surface area (Å²) in [5.41, 5.74) is 7.05. The Balaban J connectivity index is 2.63. The first-order valence-electron chi connectivity index (χ1n) is 6.28. The fourth-order valence-electron chi connectivity index (χ4n) is 1.39. The quantitative estimate of drug-likeness (QED) is 0.148. The highest BCUT2D eigenvalue weighted by Crippen LogP contribution is 2.28. The molecule has 0 saturated carbocycles. The monoisotopic (exact) mass is 344 g/mol. The van der Waals surface area contributed by atoms with E-state index in [9.17, 15) is 22.8 Å². The topological polar surface area (TPSA) is 129 Å². The maximum absolute atomic E-state index is 13.8. The fraction of sp³-hybridized carbons (Fsp3) is 0.250. The second-order valence-corrected chi connectivity index (χ2v) is 3.99. The molecule has 0 radical (unpaired) electrons. The number of esters is 1. The normalized spacial score (nSPS) is 10.2. The number of azide groups is 1. The van der Waals surface area contributed by atoms with Crippen LogP contribution in [0.1, 0.15) is 0 Å². The summed E-state index contributed by atoms with van der Waals surface area (Å²) in [5.74, 6) is -6.76. The number of pyridine rings is 1. The highest BCUT2D eigenvalue weighted by Gasteiger charge is 2.19. The van der Waals surface area contributed by atoms with E-state index < -0.39 is 41.0 Å². The predicted octanol–water partition coefficient (Wildman–Crippen LogP) is 1.70. The smallest absolute Gasteiger partial charge is 0.330 e. The highest BCUT2D eigenvalue weighted by atomic mass is 19.2. The second kappa shape index (κ2) is 9.00. The van der Waals surface area contributed by atoms with E-state index in [2.05, 4.69) is 30.4 Å². The largest absolute Gasteiger partial charge is 0.466 e. The number of ether oxygens (including phenoxy) is 1. The van der Waals surface area contributed by atoms with Crippen LogP contribution in [0.25, 0.3) is 10.4 Å². The molecule has 24 heavy (non-hydrogen) atoms. The Morgan fingerprint density at radius 2 is 2.00 bits per heavy atom. The molecular formula is C12H11F3N6O3. The van der Waals surface area contributed by atoms with Crippen LogP contribution in [0.5, 0.6) is 0 Å². The van der Waals surface area contributed by atoms with Crippen LogP contribution in [-0.2, 0) is 14.3 Å². The van der Waals surface area contributed by atoms with Crippen molar-refractivity contribution in [1.29, 1.82) is 0 Å². The first-order chi connectivity index (χ1) is 11.4. The standard InChI is InChI=1S/C12H11F3N6O3/c1-24-7(23)3-2-6(22)17-4-5-18-12-9(14)10(20-21-16)8(13)11(15)19-12/h2-3H,4-5H2,1H3,(H,17,22)(H,18,19)/b3-2+. The summed E-state index contributed by atoms with van der Waals surface area (Å²) < 4.78 is 44.5. The molecule has 0 saturated heterocycles. The SMILES string of the molecule is COC(=O)/C=C/C(=O)NCCNc1nc(F)c(F)c(N=[N+]=[N-])c1F. The number of nitrogens with one attached hydrogen (secondary N) is 2. The number of methoxy groups -OCH3 is 1. The Labute approximate surface area is 133 Å². The number of amides is 1. The first kappa shape index (κ1) is 18.8. The number of rotatable bonds is 7. The van der Waals surface area contributed by atoms with Gasteiger partial charge in [0.1, 0.15) is 5.69 Å². The Bertz CT molecular complexity index is 718. The second-order valence-electron chi connectivity index (χ2n) is 3.99. The van der Waals surface area contributed by atoms with Crippen molar-refractivity contribution in [1.82, 2.24) is 10.3 Å². The predicted molar refractivity (Wildman–Crippen MR) is 75.6 cm³/mol. The van der Waals surface area contributed by atoms with Crippen LogP contribution in [0.4, 0.5) is 24.7 Å². The van der Waals surface area contributed by atoms with Gasteiger partial charge in [0.15, 0.2) is 17.5 Å². The van der Waals surface area contributed by atoms with Crippen molar-refractivity contribution in [2.24, 2.45) is 5.11 Å².